The van der Waals surface area contributed by atoms with Crippen LogP contribution >= 0.6 is 11.6 Å². The zero-order chi connectivity index (χ0) is 13.2. The molecule has 0 atom stereocenters. The Kier molecular flexibility index (Phi) is 3.30. The molecule has 0 aliphatic carbocycles. The molecule has 0 radical (unpaired) electrons. The molecular weight excluding hydrogens is 258 g/mol. The molecule has 1 aromatic heterocycles. The first-order chi connectivity index (χ1) is 9.24. The van der Waals surface area contributed by atoms with E-state index in [-0.39, 0.29) is 0 Å². The van der Waals surface area contributed by atoms with Crippen LogP contribution in [-0.4, -0.2) is 23.5 Å². The van der Waals surface area contributed by atoms with Crippen molar-refractivity contribution >= 4 is 17.4 Å². The zero-order valence-electron chi connectivity index (χ0n) is 10.9. The molecule has 1 aliphatic heterocycles. The molecule has 1 aliphatic rings. The molecule has 4 heteroatoms. The second kappa shape index (κ2) is 5.10. The summed E-state index contributed by atoms with van der Waals surface area (Å²) in [6.07, 6.45) is 2.89. The maximum absolute atomic E-state index is 6.14. The monoisotopic (exact) mass is 273 g/mol. The molecule has 0 unspecified atom stereocenters. The molecule has 0 saturated heterocycles. The summed E-state index contributed by atoms with van der Waals surface area (Å²) in [6, 6.07) is 10.2. The van der Waals surface area contributed by atoms with Crippen molar-refractivity contribution in [3.05, 3.63) is 52.8 Å². The number of rotatable bonds is 3. The number of hydrogen-bond acceptors (Lipinski definition) is 2. The van der Waals surface area contributed by atoms with E-state index in [0.717, 1.165) is 36.1 Å². The standard InChI is InChI=1S/C15H16ClN3/c1-11-3-2-8-19(11)14-10-13(16)5-4-12(14)9-15-17-6-7-18-15/h2-5,8,10H,6-7,9H2,1H3,(H,17,18). The molecule has 0 bridgehead atoms. The predicted molar refractivity (Wildman–Crippen MR) is 79.5 cm³/mol. The summed E-state index contributed by atoms with van der Waals surface area (Å²) in [5.41, 5.74) is 3.56. The number of hydrogen-bond donors (Lipinski definition) is 1. The minimum absolute atomic E-state index is 0.758. The van der Waals surface area contributed by atoms with Gasteiger partial charge in [-0.25, -0.2) is 0 Å². The molecular formula is C15H16ClN3. The van der Waals surface area contributed by atoms with Crippen LogP contribution in [0.4, 0.5) is 0 Å². The Morgan fingerprint density at radius 3 is 2.95 bits per heavy atom. The summed E-state index contributed by atoms with van der Waals surface area (Å²) in [7, 11) is 0. The first kappa shape index (κ1) is 12.3. The van der Waals surface area contributed by atoms with Gasteiger partial charge in [-0.2, -0.15) is 0 Å². The average molecular weight is 274 g/mol. The highest BCUT2D eigenvalue weighted by Crippen LogP contribution is 2.22. The highest BCUT2D eigenvalue weighted by Gasteiger charge is 2.12. The Balaban J connectivity index is 2.02. The molecule has 0 saturated carbocycles. The number of halogens is 1. The molecule has 19 heavy (non-hydrogen) atoms. The second-order valence-corrected chi connectivity index (χ2v) is 5.16. The van der Waals surface area contributed by atoms with Gasteiger partial charge >= 0.3 is 0 Å². The molecule has 0 amide bonds. The maximum Gasteiger partial charge on any atom is 0.101 e. The van der Waals surface area contributed by atoms with Crippen LogP contribution < -0.4 is 5.32 Å². The van der Waals surface area contributed by atoms with Gasteiger partial charge in [-0.3, -0.25) is 4.99 Å². The van der Waals surface area contributed by atoms with E-state index in [2.05, 4.69) is 40.1 Å². The summed E-state index contributed by atoms with van der Waals surface area (Å²) < 4.78 is 2.16. The van der Waals surface area contributed by atoms with Crippen LogP contribution in [0, 0.1) is 6.92 Å². The van der Waals surface area contributed by atoms with Crippen molar-refractivity contribution in [1.82, 2.24) is 9.88 Å². The van der Waals surface area contributed by atoms with Crippen molar-refractivity contribution in [3.8, 4) is 5.69 Å². The van der Waals surface area contributed by atoms with Crippen molar-refractivity contribution in [3.63, 3.8) is 0 Å². The average Bonchev–Trinajstić information content (AvgIpc) is 3.03. The SMILES string of the molecule is Cc1cccn1-c1cc(Cl)ccc1CC1=NCCN1. The predicted octanol–water partition coefficient (Wildman–Crippen LogP) is 2.98. The van der Waals surface area contributed by atoms with E-state index in [1.807, 2.05) is 18.2 Å². The van der Waals surface area contributed by atoms with Gasteiger partial charge in [-0.05, 0) is 36.8 Å². The Bertz CT molecular complexity index is 628. The molecule has 1 N–H and O–H groups in total. The lowest BCUT2D eigenvalue weighted by atomic mass is 10.1. The van der Waals surface area contributed by atoms with Crippen LogP contribution in [0.2, 0.25) is 5.02 Å². The van der Waals surface area contributed by atoms with Gasteiger partial charge in [0.15, 0.2) is 0 Å². The maximum atomic E-state index is 6.14. The van der Waals surface area contributed by atoms with E-state index < -0.39 is 0 Å². The van der Waals surface area contributed by atoms with Crippen molar-refractivity contribution in [2.45, 2.75) is 13.3 Å². The fourth-order valence-electron chi connectivity index (χ4n) is 2.39. The topological polar surface area (TPSA) is 29.3 Å². The van der Waals surface area contributed by atoms with Gasteiger partial charge in [0.1, 0.15) is 5.84 Å². The third kappa shape index (κ3) is 2.51. The van der Waals surface area contributed by atoms with Crippen LogP contribution in [0.1, 0.15) is 11.3 Å². The third-order valence-corrected chi connectivity index (χ3v) is 3.60. The zero-order valence-corrected chi connectivity index (χ0v) is 11.6. The summed E-state index contributed by atoms with van der Waals surface area (Å²) in [6.45, 7) is 3.91. The van der Waals surface area contributed by atoms with Crippen molar-refractivity contribution in [2.75, 3.05) is 13.1 Å². The van der Waals surface area contributed by atoms with E-state index in [1.54, 1.807) is 0 Å². The van der Waals surface area contributed by atoms with Crippen LogP contribution in [0.15, 0.2) is 41.5 Å². The summed E-state index contributed by atoms with van der Waals surface area (Å²) in [5.74, 6) is 1.06. The molecule has 0 spiro atoms. The van der Waals surface area contributed by atoms with Crippen LogP contribution in [0.3, 0.4) is 0 Å². The van der Waals surface area contributed by atoms with Crippen molar-refractivity contribution in [1.29, 1.82) is 0 Å². The summed E-state index contributed by atoms with van der Waals surface area (Å²) in [5, 5.41) is 4.07. The Morgan fingerprint density at radius 1 is 1.37 bits per heavy atom. The number of nitrogens with one attached hydrogen (secondary N) is 1. The van der Waals surface area contributed by atoms with Gasteiger partial charge in [0.25, 0.3) is 0 Å². The number of aryl methyl sites for hydroxylation is 1. The second-order valence-electron chi connectivity index (χ2n) is 4.72. The Hall–Kier alpha value is -1.74. The third-order valence-electron chi connectivity index (χ3n) is 3.36. The minimum atomic E-state index is 0.758. The van der Waals surface area contributed by atoms with Crippen molar-refractivity contribution in [2.24, 2.45) is 4.99 Å². The molecule has 98 valence electrons. The Morgan fingerprint density at radius 2 is 2.26 bits per heavy atom. The number of aliphatic imine (C=N–C) groups is 1. The number of nitrogens with zero attached hydrogens (tertiary/aromatic N) is 2. The first-order valence-electron chi connectivity index (χ1n) is 6.44. The van der Waals surface area contributed by atoms with Crippen LogP contribution in [-0.2, 0) is 6.42 Å². The van der Waals surface area contributed by atoms with Gasteiger partial charge in [0.05, 0.1) is 12.2 Å². The molecule has 2 aromatic rings. The summed E-state index contributed by atoms with van der Waals surface area (Å²) in [4.78, 5) is 4.46. The molecule has 2 heterocycles. The fourth-order valence-corrected chi connectivity index (χ4v) is 2.56. The van der Waals surface area contributed by atoms with Gasteiger partial charge in [-0.1, -0.05) is 17.7 Å². The lowest BCUT2D eigenvalue weighted by Gasteiger charge is -2.13. The quantitative estimate of drug-likeness (QED) is 0.915. The highest BCUT2D eigenvalue weighted by molar-refractivity contribution is 6.30. The van der Waals surface area contributed by atoms with E-state index in [9.17, 15) is 0 Å². The van der Waals surface area contributed by atoms with Crippen LogP contribution in [0.25, 0.3) is 5.69 Å². The normalized spacial score (nSPS) is 14.3. The lowest BCUT2D eigenvalue weighted by molar-refractivity contribution is 0.949. The largest absolute Gasteiger partial charge is 0.372 e. The number of aromatic nitrogens is 1. The molecule has 1 aromatic carbocycles. The highest BCUT2D eigenvalue weighted by atomic mass is 35.5. The smallest absolute Gasteiger partial charge is 0.101 e. The molecule has 3 nitrogen and oxygen atoms in total. The van der Waals surface area contributed by atoms with E-state index in [4.69, 9.17) is 11.6 Å². The van der Waals surface area contributed by atoms with Gasteiger partial charge in [-0.15, -0.1) is 0 Å². The minimum Gasteiger partial charge on any atom is -0.372 e. The summed E-state index contributed by atoms with van der Waals surface area (Å²) >= 11 is 6.14. The van der Waals surface area contributed by atoms with E-state index >= 15 is 0 Å². The van der Waals surface area contributed by atoms with Gasteiger partial charge in [0, 0.05) is 29.9 Å². The van der Waals surface area contributed by atoms with Gasteiger partial charge < -0.3 is 9.88 Å². The fraction of sp³-hybridized carbons (Fsp3) is 0.267. The van der Waals surface area contributed by atoms with Crippen LogP contribution in [0.5, 0.6) is 0 Å². The molecule has 3 rings (SSSR count). The first-order valence-corrected chi connectivity index (χ1v) is 6.82. The van der Waals surface area contributed by atoms with Crippen molar-refractivity contribution < 1.29 is 0 Å². The molecule has 0 fully saturated rings. The lowest BCUT2D eigenvalue weighted by Crippen LogP contribution is -2.21. The number of benzene rings is 1. The Labute approximate surface area is 117 Å². The van der Waals surface area contributed by atoms with E-state index in [0.29, 0.717) is 0 Å². The van der Waals surface area contributed by atoms with Gasteiger partial charge in [0.2, 0.25) is 0 Å². The van der Waals surface area contributed by atoms with E-state index in [1.165, 1.54) is 11.3 Å². The number of amidine groups is 1.